The van der Waals surface area contributed by atoms with Crippen LogP contribution in [0.3, 0.4) is 0 Å². The van der Waals surface area contributed by atoms with E-state index in [-0.39, 0.29) is 11.6 Å². The predicted molar refractivity (Wildman–Crippen MR) is 87.3 cm³/mol. The lowest BCUT2D eigenvalue weighted by Gasteiger charge is -2.45. The number of hydrogen-bond acceptors (Lipinski definition) is 2. The summed E-state index contributed by atoms with van der Waals surface area (Å²) in [4.78, 5) is 2.57. The first-order valence-electron chi connectivity index (χ1n) is 7.88. The second-order valence-corrected chi connectivity index (χ2v) is 6.29. The molecule has 20 heavy (non-hydrogen) atoms. The molecule has 2 nitrogen and oxygen atoms in total. The average molecular weight is 295 g/mol. The molecule has 1 aromatic carbocycles. The second kappa shape index (κ2) is 6.93. The normalized spacial score (nSPS) is 19.4. The molecule has 0 aliphatic heterocycles. The van der Waals surface area contributed by atoms with Crippen LogP contribution in [0.2, 0.25) is 5.02 Å². The van der Waals surface area contributed by atoms with Crippen LogP contribution in [-0.4, -0.2) is 29.6 Å². The third-order valence-corrected chi connectivity index (χ3v) is 5.32. The Hall–Kier alpha value is -0.570. The van der Waals surface area contributed by atoms with E-state index in [4.69, 9.17) is 17.3 Å². The number of hydrogen-bond donors (Lipinski definition) is 1. The maximum absolute atomic E-state index is 6.67. The summed E-state index contributed by atoms with van der Waals surface area (Å²) in [5, 5.41) is 0.843. The highest BCUT2D eigenvalue weighted by atomic mass is 35.5. The first kappa shape index (κ1) is 15.8. The number of nitrogens with two attached hydrogens (primary N) is 1. The topological polar surface area (TPSA) is 29.3 Å². The third-order valence-electron chi connectivity index (χ3n) is 4.95. The Kier molecular flexibility index (Phi) is 5.48. The zero-order chi connectivity index (χ0) is 14.6. The van der Waals surface area contributed by atoms with E-state index < -0.39 is 0 Å². The molecule has 2 rings (SSSR count). The molecule has 1 atom stereocenters. The van der Waals surface area contributed by atoms with Crippen LogP contribution in [0.25, 0.3) is 0 Å². The molecule has 1 unspecified atom stereocenters. The maximum Gasteiger partial charge on any atom is 0.0438 e. The van der Waals surface area contributed by atoms with Crippen LogP contribution in [0.4, 0.5) is 0 Å². The monoisotopic (exact) mass is 294 g/mol. The SMILES string of the molecule is CCN(CC)C1(C(N)Cc2ccccc2Cl)CCCC1. The molecule has 0 spiro atoms. The van der Waals surface area contributed by atoms with E-state index in [0.717, 1.165) is 24.5 Å². The molecule has 1 aliphatic rings. The van der Waals surface area contributed by atoms with Crippen molar-refractivity contribution in [1.29, 1.82) is 0 Å². The molecule has 0 bridgehead atoms. The molecule has 0 aromatic heterocycles. The summed E-state index contributed by atoms with van der Waals surface area (Å²) < 4.78 is 0. The van der Waals surface area contributed by atoms with E-state index in [1.165, 1.54) is 31.2 Å². The van der Waals surface area contributed by atoms with Crippen LogP contribution < -0.4 is 5.73 Å². The molecule has 2 N–H and O–H groups in total. The molecule has 1 saturated carbocycles. The molecule has 0 radical (unpaired) electrons. The third kappa shape index (κ3) is 3.03. The molecule has 0 heterocycles. The van der Waals surface area contributed by atoms with E-state index in [1.807, 2.05) is 18.2 Å². The minimum Gasteiger partial charge on any atom is -0.326 e. The maximum atomic E-state index is 6.67. The van der Waals surface area contributed by atoms with Crippen molar-refractivity contribution in [2.75, 3.05) is 13.1 Å². The Bertz CT molecular complexity index is 423. The largest absolute Gasteiger partial charge is 0.326 e. The first-order chi connectivity index (χ1) is 9.64. The van der Waals surface area contributed by atoms with Crippen LogP contribution >= 0.6 is 11.6 Å². The summed E-state index contributed by atoms with van der Waals surface area (Å²) in [5.41, 5.74) is 8.02. The fourth-order valence-corrected chi connectivity index (χ4v) is 4.07. The number of nitrogens with zero attached hydrogens (tertiary/aromatic N) is 1. The summed E-state index contributed by atoms with van der Waals surface area (Å²) in [6.45, 7) is 6.64. The van der Waals surface area contributed by atoms with Crippen molar-refractivity contribution in [2.45, 2.75) is 57.5 Å². The van der Waals surface area contributed by atoms with E-state index in [1.54, 1.807) is 0 Å². The smallest absolute Gasteiger partial charge is 0.0438 e. The minimum absolute atomic E-state index is 0.157. The van der Waals surface area contributed by atoms with Gasteiger partial charge in [0, 0.05) is 16.6 Å². The van der Waals surface area contributed by atoms with Gasteiger partial charge in [-0.05, 0) is 44.0 Å². The van der Waals surface area contributed by atoms with Crippen LogP contribution in [0, 0.1) is 0 Å². The van der Waals surface area contributed by atoms with Crippen molar-refractivity contribution >= 4 is 11.6 Å². The average Bonchev–Trinajstić information content (AvgIpc) is 2.93. The second-order valence-electron chi connectivity index (χ2n) is 5.88. The quantitative estimate of drug-likeness (QED) is 0.863. The number of benzene rings is 1. The summed E-state index contributed by atoms with van der Waals surface area (Å²) in [6.07, 6.45) is 5.91. The van der Waals surface area contributed by atoms with Crippen molar-refractivity contribution in [3.8, 4) is 0 Å². The number of rotatable bonds is 6. The van der Waals surface area contributed by atoms with Gasteiger partial charge in [-0.2, -0.15) is 0 Å². The molecule has 1 aromatic rings. The molecule has 3 heteroatoms. The molecular formula is C17H27ClN2. The molecule has 1 aliphatic carbocycles. The molecular weight excluding hydrogens is 268 g/mol. The first-order valence-corrected chi connectivity index (χ1v) is 8.26. The van der Waals surface area contributed by atoms with Crippen molar-refractivity contribution in [3.63, 3.8) is 0 Å². The summed E-state index contributed by atoms with van der Waals surface area (Å²) in [5.74, 6) is 0. The highest BCUT2D eigenvalue weighted by Gasteiger charge is 2.43. The van der Waals surface area contributed by atoms with Gasteiger partial charge in [-0.1, -0.05) is 56.5 Å². The summed E-state index contributed by atoms with van der Waals surface area (Å²) in [6, 6.07) is 8.25. The zero-order valence-electron chi connectivity index (χ0n) is 12.7. The Morgan fingerprint density at radius 3 is 2.35 bits per heavy atom. The lowest BCUT2D eigenvalue weighted by Crippen LogP contribution is -2.59. The van der Waals surface area contributed by atoms with Gasteiger partial charge in [0.05, 0.1) is 0 Å². The van der Waals surface area contributed by atoms with Crippen LogP contribution in [-0.2, 0) is 6.42 Å². The van der Waals surface area contributed by atoms with Crippen LogP contribution in [0.1, 0.15) is 45.1 Å². The van der Waals surface area contributed by atoms with Gasteiger partial charge in [-0.3, -0.25) is 4.90 Å². The van der Waals surface area contributed by atoms with Crippen LogP contribution in [0.15, 0.2) is 24.3 Å². The molecule has 0 amide bonds. The van der Waals surface area contributed by atoms with E-state index in [0.29, 0.717) is 0 Å². The molecule has 0 saturated heterocycles. The van der Waals surface area contributed by atoms with Gasteiger partial charge in [0.15, 0.2) is 0 Å². The van der Waals surface area contributed by atoms with Crippen molar-refractivity contribution < 1.29 is 0 Å². The standard InChI is InChI=1S/C17H27ClN2/c1-3-20(4-2)17(11-7-8-12-17)16(19)13-14-9-5-6-10-15(14)18/h5-6,9-10,16H,3-4,7-8,11-13,19H2,1-2H3. The Balaban J connectivity index is 2.19. The molecule has 112 valence electrons. The van der Waals surface area contributed by atoms with Crippen molar-refractivity contribution in [3.05, 3.63) is 34.9 Å². The highest BCUT2D eigenvalue weighted by Crippen LogP contribution is 2.38. The van der Waals surface area contributed by atoms with Gasteiger partial charge >= 0.3 is 0 Å². The fraction of sp³-hybridized carbons (Fsp3) is 0.647. The van der Waals surface area contributed by atoms with Gasteiger partial charge in [-0.15, -0.1) is 0 Å². The zero-order valence-corrected chi connectivity index (χ0v) is 13.5. The van der Waals surface area contributed by atoms with E-state index in [9.17, 15) is 0 Å². The van der Waals surface area contributed by atoms with E-state index >= 15 is 0 Å². The fourth-order valence-electron chi connectivity index (χ4n) is 3.85. The number of likely N-dealkylation sites (N-methyl/N-ethyl adjacent to an activating group) is 1. The lowest BCUT2D eigenvalue weighted by atomic mass is 9.83. The van der Waals surface area contributed by atoms with Gasteiger partial charge in [0.25, 0.3) is 0 Å². The predicted octanol–water partition coefficient (Wildman–Crippen LogP) is 3.86. The Labute approximate surface area is 128 Å². The summed E-state index contributed by atoms with van der Waals surface area (Å²) in [7, 11) is 0. The minimum atomic E-state index is 0.157. The summed E-state index contributed by atoms with van der Waals surface area (Å²) >= 11 is 6.30. The van der Waals surface area contributed by atoms with Crippen molar-refractivity contribution in [1.82, 2.24) is 4.90 Å². The molecule has 1 fully saturated rings. The lowest BCUT2D eigenvalue weighted by molar-refractivity contribution is 0.0772. The van der Waals surface area contributed by atoms with Crippen molar-refractivity contribution in [2.24, 2.45) is 5.73 Å². The highest BCUT2D eigenvalue weighted by molar-refractivity contribution is 6.31. The Morgan fingerprint density at radius 2 is 1.80 bits per heavy atom. The number of halogens is 1. The van der Waals surface area contributed by atoms with Gasteiger partial charge in [-0.25, -0.2) is 0 Å². The Morgan fingerprint density at radius 1 is 1.20 bits per heavy atom. The van der Waals surface area contributed by atoms with Gasteiger partial charge < -0.3 is 5.73 Å². The van der Waals surface area contributed by atoms with Gasteiger partial charge in [0.1, 0.15) is 0 Å². The van der Waals surface area contributed by atoms with Gasteiger partial charge in [0.2, 0.25) is 0 Å². The van der Waals surface area contributed by atoms with E-state index in [2.05, 4.69) is 24.8 Å². The van der Waals surface area contributed by atoms with Crippen LogP contribution in [0.5, 0.6) is 0 Å².